The molecule has 0 amide bonds. The van der Waals surface area contributed by atoms with E-state index in [9.17, 15) is 4.39 Å². The highest BCUT2D eigenvalue weighted by atomic mass is 19.1. The number of rotatable bonds is 3. The zero-order valence-electron chi connectivity index (χ0n) is 6.87. The predicted molar refractivity (Wildman–Crippen MR) is 42.5 cm³/mol. The van der Waals surface area contributed by atoms with Gasteiger partial charge < -0.3 is 0 Å². The summed E-state index contributed by atoms with van der Waals surface area (Å²) in [6.45, 7) is 0.658. The van der Waals surface area contributed by atoms with Gasteiger partial charge in [0.05, 0.1) is 12.4 Å². The molecule has 4 nitrogen and oxygen atoms in total. The number of likely N-dealkylation sites (N-methyl/N-ethyl adjacent to an activating group) is 1. The molecule has 0 aliphatic carbocycles. The van der Waals surface area contributed by atoms with E-state index in [1.54, 1.807) is 7.05 Å². The molecular formula is C7H11FN4. The normalized spacial score (nSPS) is 10.7. The van der Waals surface area contributed by atoms with E-state index in [2.05, 4.69) is 9.97 Å². The van der Waals surface area contributed by atoms with Crippen molar-refractivity contribution >= 4 is 0 Å². The van der Waals surface area contributed by atoms with Crippen LogP contribution in [0.5, 0.6) is 0 Å². The fraction of sp³-hybridized carbons (Fsp3) is 0.429. The minimum absolute atomic E-state index is 0.417. The third kappa shape index (κ3) is 2.89. The third-order valence-electron chi connectivity index (χ3n) is 1.36. The second kappa shape index (κ2) is 4.08. The van der Waals surface area contributed by atoms with E-state index in [4.69, 9.17) is 5.84 Å². The van der Waals surface area contributed by atoms with Crippen LogP contribution in [0.15, 0.2) is 12.4 Å². The highest BCUT2D eigenvalue weighted by molar-refractivity contribution is 4.91. The van der Waals surface area contributed by atoms with Gasteiger partial charge in [-0.1, -0.05) is 0 Å². The van der Waals surface area contributed by atoms with Gasteiger partial charge in [0.1, 0.15) is 5.82 Å². The van der Waals surface area contributed by atoms with E-state index in [-0.39, 0.29) is 0 Å². The van der Waals surface area contributed by atoms with Gasteiger partial charge in [-0.25, -0.2) is 19.4 Å². The molecular weight excluding hydrogens is 159 g/mol. The number of nitrogens with two attached hydrogens (primary N) is 1. The van der Waals surface area contributed by atoms with Gasteiger partial charge in [0.15, 0.2) is 5.82 Å². The maximum atomic E-state index is 12.3. The lowest BCUT2D eigenvalue weighted by Gasteiger charge is -2.07. The van der Waals surface area contributed by atoms with Crippen molar-refractivity contribution in [2.45, 2.75) is 6.42 Å². The van der Waals surface area contributed by atoms with Crippen LogP contribution in [-0.4, -0.2) is 28.6 Å². The van der Waals surface area contributed by atoms with E-state index in [1.807, 2.05) is 0 Å². The average molecular weight is 170 g/mol. The molecule has 0 radical (unpaired) electrons. The lowest BCUT2D eigenvalue weighted by molar-refractivity contribution is 0.350. The van der Waals surface area contributed by atoms with Crippen molar-refractivity contribution in [1.29, 1.82) is 0 Å². The van der Waals surface area contributed by atoms with Gasteiger partial charge in [0, 0.05) is 20.0 Å². The summed E-state index contributed by atoms with van der Waals surface area (Å²) in [4.78, 5) is 7.56. The van der Waals surface area contributed by atoms with E-state index in [0.717, 1.165) is 12.4 Å². The summed E-state index contributed by atoms with van der Waals surface area (Å²) in [6.07, 6.45) is 2.94. The molecule has 1 aromatic rings. The zero-order chi connectivity index (χ0) is 8.97. The Labute approximate surface area is 70.2 Å². The van der Waals surface area contributed by atoms with Gasteiger partial charge in [0.25, 0.3) is 0 Å². The van der Waals surface area contributed by atoms with E-state index >= 15 is 0 Å². The Hall–Kier alpha value is -1.07. The largest absolute Gasteiger partial charge is 0.269 e. The Bertz CT molecular complexity index is 234. The lowest BCUT2D eigenvalue weighted by atomic mass is 10.4. The molecule has 0 atom stereocenters. The number of halogens is 1. The highest BCUT2D eigenvalue weighted by Crippen LogP contribution is 1.93. The van der Waals surface area contributed by atoms with Crippen molar-refractivity contribution in [3.63, 3.8) is 0 Å². The van der Waals surface area contributed by atoms with Gasteiger partial charge in [-0.05, 0) is 0 Å². The van der Waals surface area contributed by atoms with Crippen LogP contribution in [0.3, 0.4) is 0 Å². The highest BCUT2D eigenvalue weighted by Gasteiger charge is 1.97. The van der Waals surface area contributed by atoms with Crippen molar-refractivity contribution in [1.82, 2.24) is 15.0 Å². The van der Waals surface area contributed by atoms with Crippen molar-refractivity contribution in [2.24, 2.45) is 5.84 Å². The fourth-order valence-corrected chi connectivity index (χ4v) is 0.744. The zero-order valence-corrected chi connectivity index (χ0v) is 6.87. The van der Waals surface area contributed by atoms with Crippen LogP contribution in [-0.2, 0) is 6.42 Å². The maximum Gasteiger partial charge on any atom is 0.159 e. The first-order chi connectivity index (χ1) is 5.68. The number of aromatic nitrogens is 2. The van der Waals surface area contributed by atoms with E-state index in [1.165, 1.54) is 5.01 Å². The first kappa shape index (κ1) is 9.02. The first-order valence-electron chi connectivity index (χ1n) is 3.61. The molecule has 0 aliphatic rings. The molecule has 0 aromatic carbocycles. The van der Waals surface area contributed by atoms with Crippen LogP contribution in [0, 0.1) is 5.82 Å². The maximum absolute atomic E-state index is 12.3. The van der Waals surface area contributed by atoms with E-state index < -0.39 is 5.82 Å². The molecule has 2 N–H and O–H groups in total. The number of hydrogen-bond donors (Lipinski definition) is 1. The van der Waals surface area contributed by atoms with Crippen LogP contribution in [0.25, 0.3) is 0 Å². The molecule has 0 spiro atoms. The van der Waals surface area contributed by atoms with Crippen molar-refractivity contribution in [2.75, 3.05) is 13.6 Å². The predicted octanol–water partition coefficient (Wildman–Crippen LogP) is -0.0363. The summed E-state index contributed by atoms with van der Waals surface area (Å²) in [5, 5.41) is 1.53. The molecule has 12 heavy (non-hydrogen) atoms. The summed E-state index contributed by atoms with van der Waals surface area (Å²) in [5.74, 6) is 5.56. The lowest BCUT2D eigenvalue weighted by Crippen LogP contribution is -2.28. The molecule has 5 heteroatoms. The summed E-state index contributed by atoms with van der Waals surface area (Å²) in [5.41, 5.74) is 0. The molecule has 66 valence electrons. The Kier molecular flexibility index (Phi) is 3.07. The topological polar surface area (TPSA) is 55.0 Å². The Morgan fingerprint density at radius 1 is 1.50 bits per heavy atom. The van der Waals surface area contributed by atoms with Crippen molar-refractivity contribution in [3.8, 4) is 0 Å². The minimum Gasteiger partial charge on any atom is -0.269 e. The summed E-state index contributed by atoms with van der Waals surface area (Å²) >= 11 is 0. The monoisotopic (exact) mass is 170 g/mol. The smallest absolute Gasteiger partial charge is 0.159 e. The summed E-state index contributed by atoms with van der Waals surface area (Å²) < 4.78 is 12.3. The van der Waals surface area contributed by atoms with E-state index in [0.29, 0.717) is 18.8 Å². The molecule has 1 rings (SSSR count). The average Bonchev–Trinajstić information content (AvgIpc) is 2.03. The second-order valence-corrected chi connectivity index (χ2v) is 2.55. The molecule has 0 saturated carbocycles. The van der Waals surface area contributed by atoms with Crippen LogP contribution < -0.4 is 5.84 Å². The summed E-state index contributed by atoms with van der Waals surface area (Å²) in [6, 6.07) is 0. The quantitative estimate of drug-likeness (QED) is 0.511. The minimum atomic E-state index is -0.417. The first-order valence-corrected chi connectivity index (χ1v) is 3.61. The number of nitrogens with zero attached hydrogens (tertiary/aromatic N) is 3. The van der Waals surface area contributed by atoms with Gasteiger partial charge in [-0.15, -0.1) is 0 Å². The standard InChI is InChI=1S/C7H11FN4/c1-12(9)3-2-7-10-4-6(8)5-11-7/h4-5H,2-3,9H2,1H3. The molecule has 0 fully saturated rings. The summed E-state index contributed by atoms with van der Waals surface area (Å²) in [7, 11) is 1.75. The SMILES string of the molecule is CN(N)CCc1ncc(F)cn1. The molecule has 1 aromatic heterocycles. The molecule has 1 heterocycles. The van der Waals surface area contributed by atoms with Crippen molar-refractivity contribution in [3.05, 3.63) is 24.0 Å². The Balaban J connectivity index is 2.48. The number of hydrazine groups is 1. The second-order valence-electron chi connectivity index (χ2n) is 2.55. The van der Waals surface area contributed by atoms with Crippen LogP contribution in [0.4, 0.5) is 4.39 Å². The van der Waals surface area contributed by atoms with Gasteiger partial charge in [0.2, 0.25) is 0 Å². The van der Waals surface area contributed by atoms with Gasteiger partial charge >= 0.3 is 0 Å². The van der Waals surface area contributed by atoms with Crippen LogP contribution in [0.2, 0.25) is 0 Å². The third-order valence-corrected chi connectivity index (χ3v) is 1.36. The molecule has 0 bridgehead atoms. The molecule has 0 saturated heterocycles. The number of hydrogen-bond acceptors (Lipinski definition) is 4. The fourth-order valence-electron chi connectivity index (χ4n) is 0.744. The van der Waals surface area contributed by atoms with Gasteiger partial charge in [-0.2, -0.15) is 0 Å². The Morgan fingerprint density at radius 2 is 2.08 bits per heavy atom. The van der Waals surface area contributed by atoms with Crippen LogP contribution >= 0.6 is 0 Å². The molecule has 0 aliphatic heterocycles. The molecule has 0 unspecified atom stereocenters. The Morgan fingerprint density at radius 3 is 2.58 bits per heavy atom. The van der Waals surface area contributed by atoms with Crippen molar-refractivity contribution < 1.29 is 4.39 Å². The van der Waals surface area contributed by atoms with Crippen LogP contribution in [0.1, 0.15) is 5.82 Å². The van der Waals surface area contributed by atoms with Gasteiger partial charge in [-0.3, -0.25) is 5.84 Å².